The Balaban J connectivity index is 0.00000144. The van der Waals surface area contributed by atoms with E-state index in [2.05, 4.69) is 18.2 Å². The van der Waals surface area contributed by atoms with Crippen LogP contribution in [-0.2, 0) is 17.8 Å². The van der Waals surface area contributed by atoms with Crippen LogP contribution in [0.15, 0.2) is 24.3 Å². The summed E-state index contributed by atoms with van der Waals surface area (Å²) in [7, 11) is 1.81. The Morgan fingerprint density at radius 1 is 1.47 bits per heavy atom. The van der Waals surface area contributed by atoms with E-state index in [1.165, 1.54) is 11.1 Å². The molecule has 2 rings (SSSR count). The molecular formula is C12H18ClN3O. The lowest BCUT2D eigenvalue weighted by Crippen LogP contribution is -2.41. The van der Waals surface area contributed by atoms with Crippen molar-refractivity contribution in [3.8, 4) is 0 Å². The van der Waals surface area contributed by atoms with Crippen molar-refractivity contribution < 1.29 is 4.74 Å². The van der Waals surface area contributed by atoms with Gasteiger partial charge in [-0.2, -0.15) is 0 Å². The third-order valence-electron chi connectivity index (χ3n) is 2.93. The van der Waals surface area contributed by atoms with Crippen LogP contribution in [0.1, 0.15) is 11.1 Å². The summed E-state index contributed by atoms with van der Waals surface area (Å²) in [6, 6.07) is 8.32. The quantitative estimate of drug-likeness (QED) is 0.620. The average molecular weight is 256 g/mol. The molecule has 0 bridgehead atoms. The summed E-state index contributed by atoms with van der Waals surface area (Å²) in [5.74, 6) is 0.0856. The first kappa shape index (κ1) is 13.8. The highest BCUT2D eigenvalue weighted by Crippen LogP contribution is 2.20. The number of benzene rings is 1. The van der Waals surface area contributed by atoms with Gasteiger partial charge in [-0.25, -0.2) is 0 Å². The molecule has 1 heterocycles. The first-order chi connectivity index (χ1) is 7.66. The van der Waals surface area contributed by atoms with Crippen LogP contribution in [0.25, 0.3) is 0 Å². The number of rotatable bonds is 2. The largest absolute Gasteiger partial charge is 0.371 e. The molecule has 3 N–H and O–H groups in total. The van der Waals surface area contributed by atoms with Crippen LogP contribution in [0.4, 0.5) is 0 Å². The molecule has 1 aromatic rings. The Kier molecular flexibility index (Phi) is 4.78. The summed E-state index contributed by atoms with van der Waals surface area (Å²) in [4.78, 5) is 1.71. The highest BCUT2D eigenvalue weighted by molar-refractivity contribution is 5.85. The second-order valence-electron chi connectivity index (χ2n) is 4.17. The van der Waals surface area contributed by atoms with E-state index in [0.29, 0.717) is 13.2 Å². The molecule has 0 spiro atoms. The molecule has 5 heteroatoms. The van der Waals surface area contributed by atoms with E-state index in [1.807, 2.05) is 13.1 Å². The van der Waals surface area contributed by atoms with Gasteiger partial charge in [-0.15, -0.1) is 12.4 Å². The number of ether oxygens (including phenoxy) is 1. The van der Waals surface area contributed by atoms with Crippen molar-refractivity contribution in [3.05, 3.63) is 35.4 Å². The topological polar surface area (TPSA) is 62.3 Å². The molecule has 1 aliphatic rings. The van der Waals surface area contributed by atoms with Gasteiger partial charge in [0, 0.05) is 20.0 Å². The summed E-state index contributed by atoms with van der Waals surface area (Å²) in [5.41, 5.74) is 8.01. The van der Waals surface area contributed by atoms with Gasteiger partial charge >= 0.3 is 0 Å². The monoisotopic (exact) mass is 255 g/mol. The standard InChI is InChI=1S/C12H17N3O.ClH/c1-15(12(13)14)7-11-6-9-4-2-3-5-10(9)8-16-11;/h2-5,11H,6-8H2,1H3,(H3,13,14);1H. The number of nitrogens with one attached hydrogen (secondary N) is 1. The molecule has 0 aromatic heterocycles. The van der Waals surface area contributed by atoms with E-state index >= 15 is 0 Å². The Labute approximate surface area is 108 Å². The molecule has 1 aromatic carbocycles. The van der Waals surface area contributed by atoms with E-state index in [-0.39, 0.29) is 24.5 Å². The first-order valence-corrected chi connectivity index (χ1v) is 5.40. The Morgan fingerprint density at radius 2 is 2.12 bits per heavy atom. The summed E-state index contributed by atoms with van der Waals surface area (Å²) < 4.78 is 5.73. The number of hydrogen-bond acceptors (Lipinski definition) is 2. The molecule has 0 radical (unpaired) electrons. The van der Waals surface area contributed by atoms with Crippen molar-refractivity contribution in [2.75, 3.05) is 13.6 Å². The summed E-state index contributed by atoms with van der Waals surface area (Å²) in [6.45, 7) is 1.33. The lowest BCUT2D eigenvalue weighted by atomic mass is 9.99. The minimum Gasteiger partial charge on any atom is -0.371 e. The van der Waals surface area contributed by atoms with Gasteiger partial charge in [0.15, 0.2) is 5.96 Å². The normalized spacial score (nSPS) is 17.8. The summed E-state index contributed by atoms with van der Waals surface area (Å²) in [5, 5.41) is 7.31. The van der Waals surface area contributed by atoms with Crippen molar-refractivity contribution in [1.29, 1.82) is 5.41 Å². The van der Waals surface area contributed by atoms with E-state index in [4.69, 9.17) is 15.9 Å². The smallest absolute Gasteiger partial charge is 0.188 e. The van der Waals surface area contributed by atoms with Crippen molar-refractivity contribution >= 4 is 18.4 Å². The second-order valence-corrected chi connectivity index (χ2v) is 4.17. The summed E-state index contributed by atoms with van der Waals surface area (Å²) >= 11 is 0. The lowest BCUT2D eigenvalue weighted by Gasteiger charge is -2.29. The zero-order valence-corrected chi connectivity index (χ0v) is 10.7. The van der Waals surface area contributed by atoms with Crippen molar-refractivity contribution in [3.63, 3.8) is 0 Å². The van der Waals surface area contributed by atoms with Gasteiger partial charge in [0.1, 0.15) is 0 Å². The van der Waals surface area contributed by atoms with Crippen LogP contribution in [0.5, 0.6) is 0 Å². The number of hydrogen-bond donors (Lipinski definition) is 2. The molecule has 0 aliphatic carbocycles. The molecule has 4 nitrogen and oxygen atoms in total. The lowest BCUT2D eigenvalue weighted by molar-refractivity contribution is 0.0185. The number of likely N-dealkylation sites (N-methyl/N-ethyl adjacent to an activating group) is 1. The Bertz CT molecular complexity index is 397. The van der Waals surface area contributed by atoms with Crippen molar-refractivity contribution in [2.45, 2.75) is 19.1 Å². The maximum absolute atomic E-state index is 7.31. The minimum absolute atomic E-state index is 0. The highest BCUT2D eigenvalue weighted by atomic mass is 35.5. The van der Waals surface area contributed by atoms with Gasteiger partial charge in [-0.05, 0) is 11.1 Å². The van der Waals surface area contributed by atoms with Gasteiger partial charge in [0.2, 0.25) is 0 Å². The number of guanidine groups is 1. The third kappa shape index (κ3) is 3.35. The summed E-state index contributed by atoms with van der Waals surface area (Å²) in [6.07, 6.45) is 1.03. The number of fused-ring (bicyclic) bond motifs is 1. The fourth-order valence-corrected chi connectivity index (χ4v) is 1.93. The van der Waals surface area contributed by atoms with E-state index in [1.54, 1.807) is 4.90 Å². The minimum atomic E-state index is 0. The van der Waals surface area contributed by atoms with Crippen LogP contribution in [-0.4, -0.2) is 30.6 Å². The maximum Gasteiger partial charge on any atom is 0.188 e. The molecular weight excluding hydrogens is 238 g/mol. The predicted octanol–water partition coefficient (Wildman–Crippen LogP) is 1.37. The van der Waals surface area contributed by atoms with Gasteiger partial charge in [-0.1, -0.05) is 24.3 Å². The highest BCUT2D eigenvalue weighted by Gasteiger charge is 2.20. The molecule has 94 valence electrons. The van der Waals surface area contributed by atoms with E-state index in [0.717, 1.165) is 6.42 Å². The van der Waals surface area contributed by atoms with Crippen LogP contribution < -0.4 is 5.73 Å². The molecule has 0 fully saturated rings. The van der Waals surface area contributed by atoms with Crippen LogP contribution >= 0.6 is 12.4 Å². The zero-order chi connectivity index (χ0) is 11.5. The van der Waals surface area contributed by atoms with Gasteiger partial charge in [0.05, 0.1) is 12.7 Å². The second kappa shape index (κ2) is 5.89. The SMILES string of the molecule is CN(CC1Cc2ccccc2CO1)C(=N)N.Cl. The molecule has 0 saturated heterocycles. The molecule has 0 amide bonds. The fourth-order valence-electron chi connectivity index (χ4n) is 1.93. The van der Waals surface area contributed by atoms with Crippen LogP contribution in [0.2, 0.25) is 0 Å². The molecule has 1 atom stereocenters. The number of nitrogens with zero attached hydrogens (tertiary/aromatic N) is 1. The molecule has 0 saturated carbocycles. The van der Waals surface area contributed by atoms with Crippen molar-refractivity contribution in [1.82, 2.24) is 4.90 Å². The van der Waals surface area contributed by atoms with Gasteiger partial charge in [0.25, 0.3) is 0 Å². The van der Waals surface area contributed by atoms with Gasteiger partial charge in [-0.3, -0.25) is 5.41 Å². The van der Waals surface area contributed by atoms with Crippen molar-refractivity contribution in [2.24, 2.45) is 5.73 Å². The zero-order valence-electron chi connectivity index (χ0n) is 9.85. The predicted molar refractivity (Wildman–Crippen MR) is 70.5 cm³/mol. The molecule has 17 heavy (non-hydrogen) atoms. The third-order valence-corrected chi connectivity index (χ3v) is 2.93. The maximum atomic E-state index is 7.31. The Morgan fingerprint density at radius 3 is 2.76 bits per heavy atom. The molecule has 1 unspecified atom stereocenters. The van der Waals surface area contributed by atoms with Gasteiger partial charge < -0.3 is 15.4 Å². The fraction of sp³-hybridized carbons (Fsp3) is 0.417. The van der Waals surface area contributed by atoms with Crippen LogP contribution in [0.3, 0.4) is 0 Å². The van der Waals surface area contributed by atoms with E-state index in [9.17, 15) is 0 Å². The number of halogens is 1. The Hall–Kier alpha value is -1.26. The van der Waals surface area contributed by atoms with E-state index < -0.39 is 0 Å². The van der Waals surface area contributed by atoms with Crippen LogP contribution in [0, 0.1) is 5.41 Å². The number of nitrogens with two attached hydrogens (primary N) is 1. The molecule has 1 aliphatic heterocycles. The first-order valence-electron chi connectivity index (χ1n) is 5.40. The average Bonchev–Trinajstić information content (AvgIpc) is 2.28.